The average Bonchev–Trinajstić information content (AvgIpc) is 3.36. The Morgan fingerprint density at radius 2 is 1.81 bits per heavy atom. The molecule has 2 N–H and O–H groups in total. The third-order valence-corrected chi connectivity index (χ3v) is 7.27. The Hall–Kier alpha value is -2.25. The molecule has 1 saturated heterocycles. The predicted octanol–water partition coefficient (Wildman–Crippen LogP) is 4.09. The molecule has 0 saturated carbocycles. The van der Waals surface area contributed by atoms with Gasteiger partial charge in [-0.25, -0.2) is 4.98 Å². The minimum absolute atomic E-state index is 0.000244. The van der Waals surface area contributed by atoms with Gasteiger partial charge < -0.3 is 15.5 Å². The van der Waals surface area contributed by atoms with Crippen LogP contribution in [0, 0.1) is 12.3 Å². The number of likely N-dealkylation sites (N-methyl/N-ethyl adjacent to an activating group) is 1. The first-order valence-electron chi connectivity index (χ1n) is 11.3. The second-order valence-electron chi connectivity index (χ2n) is 10.2. The molecule has 1 fully saturated rings. The number of aromatic nitrogens is 1. The van der Waals surface area contributed by atoms with Gasteiger partial charge in [0, 0.05) is 6.54 Å². The molecule has 174 valence electrons. The molecule has 1 aliphatic heterocycles. The monoisotopic (exact) mass is 456 g/mol. The van der Waals surface area contributed by atoms with Gasteiger partial charge in [-0.2, -0.15) is 0 Å². The second kappa shape index (κ2) is 9.32. The third-order valence-electron chi connectivity index (χ3n) is 6.29. The van der Waals surface area contributed by atoms with Crippen molar-refractivity contribution in [3.63, 3.8) is 0 Å². The number of aryl methyl sites for hydroxylation is 1. The van der Waals surface area contributed by atoms with Gasteiger partial charge in [-0.3, -0.25) is 9.59 Å². The maximum atomic E-state index is 13.3. The van der Waals surface area contributed by atoms with Crippen LogP contribution in [0.25, 0.3) is 10.4 Å². The van der Waals surface area contributed by atoms with Crippen LogP contribution >= 0.6 is 11.3 Å². The molecule has 0 aliphatic carbocycles. The first-order valence-corrected chi connectivity index (χ1v) is 12.1. The molecule has 2 amide bonds. The van der Waals surface area contributed by atoms with Crippen molar-refractivity contribution in [1.29, 1.82) is 0 Å². The maximum absolute atomic E-state index is 13.3. The molecule has 6 nitrogen and oxygen atoms in total. The summed E-state index contributed by atoms with van der Waals surface area (Å²) in [5.74, 6) is -0.0910. The van der Waals surface area contributed by atoms with Crippen LogP contribution in [0.4, 0.5) is 0 Å². The number of rotatable bonds is 6. The minimum Gasteiger partial charge on any atom is -0.345 e. The van der Waals surface area contributed by atoms with E-state index in [1.807, 2.05) is 47.1 Å². The van der Waals surface area contributed by atoms with Gasteiger partial charge in [-0.15, -0.1) is 11.3 Å². The third kappa shape index (κ3) is 5.04. The molecule has 32 heavy (non-hydrogen) atoms. The number of nitrogens with one attached hydrogen (secondary N) is 2. The smallest absolute Gasteiger partial charge is 0.243 e. The van der Waals surface area contributed by atoms with E-state index >= 15 is 0 Å². The van der Waals surface area contributed by atoms with E-state index in [1.54, 1.807) is 23.3 Å². The molecular weight excluding hydrogens is 420 g/mol. The van der Waals surface area contributed by atoms with E-state index in [2.05, 4.69) is 39.9 Å². The molecule has 2 aromatic rings. The molecule has 2 atom stereocenters. The molecule has 7 heteroatoms. The van der Waals surface area contributed by atoms with Crippen LogP contribution < -0.4 is 10.6 Å². The number of carbonyl (C=O) groups is 2. The van der Waals surface area contributed by atoms with E-state index in [0.29, 0.717) is 13.0 Å². The van der Waals surface area contributed by atoms with Crippen LogP contribution in [-0.4, -0.2) is 47.4 Å². The number of carbonyl (C=O) groups excluding carboxylic acids is 2. The topological polar surface area (TPSA) is 74.3 Å². The van der Waals surface area contributed by atoms with E-state index < -0.39 is 11.6 Å². The van der Waals surface area contributed by atoms with Crippen molar-refractivity contribution in [2.75, 3.05) is 13.6 Å². The molecule has 1 aliphatic rings. The largest absolute Gasteiger partial charge is 0.345 e. The maximum Gasteiger partial charge on any atom is 0.243 e. The van der Waals surface area contributed by atoms with Gasteiger partial charge in [0.1, 0.15) is 6.04 Å². The highest BCUT2D eigenvalue weighted by molar-refractivity contribution is 7.13. The van der Waals surface area contributed by atoms with Crippen molar-refractivity contribution < 1.29 is 9.59 Å². The number of thiazole rings is 1. The zero-order valence-corrected chi connectivity index (χ0v) is 21.1. The number of hydrogen-bond acceptors (Lipinski definition) is 5. The zero-order chi connectivity index (χ0) is 23.7. The Labute approximate surface area is 195 Å². The van der Waals surface area contributed by atoms with Gasteiger partial charge in [0.25, 0.3) is 0 Å². The van der Waals surface area contributed by atoms with Crippen LogP contribution in [-0.2, 0) is 15.1 Å². The van der Waals surface area contributed by atoms with E-state index in [-0.39, 0.29) is 23.3 Å². The van der Waals surface area contributed by atoms with Crippen LogP contribution in [0.5, 0.6) is 0 Å². The van der Waals surface area contributed by atoms with Gasteiger partial charge in [0.15, 0.2) is 0 Å². The van der Waals surface area contributed by atoms with E-state index in [4.69, 9.17) is 0 Å². The molecule has 0 bridgehead atoms. The van der Waals surface area contributed by atoms with Gasteiger partial charge in [-0.1, -0.05) is 45.0 Å². The normalized spacial score (nSPS) is 18.0. The molecular formula is C25H36N4O2S. The number of likely N-dealkylation sites (tertiary alicyclic amines) is 1. The lowest BCUT2D eigenvalue weighted by atomic mass is 9.85. The molecule has 3 rings (SSSR count). The summed E-state index contributed by atoms with van der Waals surface area (Å²) in [6.07, 6.45) is 1.53. The lowest BCUT2D eigenvalue weighted by molar-refractivity contribution is -0.142. The Morgan fingerprint density at radius 3 is 2.34 bits per heavy atom. The average molecular weight is 457 g/mol. The zero-order valence-electron chi connectivity index (χ0n) is 20.3. The van der Waals surface area contributed by atoms with Gasteiger partial charge in [0.05, 0.1) is 27.7 Å². The predicted molar refractivity (Wildman–Crippen MR) is 130 cm³/mol. The van der Waals surface area contributed by atoms with Crippen molar-refractivity contribution in [1.82, 2.24) is 20.5 Å². The number of benzene rings is 1. The molecule has 0 spiro atoms. The molecule has 2 unspecified atom stereocenters. The van der Waals surface area contributed by atoms with Crippen molar-refractivity contribution >= 4 is 23.2 Å². The van der Waals surface area contributed by atoms with Crippen LogP contribution in [0.15, 0.2) is 29.8 Å². The summed E-state index contributed by atoms with van der Waals surface area (Å²) >= 11 is 1.63. The summed E-state index contributed by atoms with van der Waals surface area (Å²) in [5, 5.41) is 6.34. The van der Waals surface area contributed by atoms with Crippen molar-refractivity contribution in [2.24, 2.45) is 5.41 Å². The number of hydrogen-bond donors (Lipinski definition) is 2. The highest BCUT2D eigenvalue weighted by Gasteiger charge is 2.41. The van der Waals surface area contributed by atoms with Crippen molar-refractivity contribution in [3.05, 3.63) is 41.0 Å². The Balaban J connectivity index is 1.73. The summed E-state index contributed by atoms with van der Waals surface area (Å²) in [6.45, 7) is 12.8. The minimum atomic E-state index is -0.553. The van der Waals surface area contributed by atoms with E-state index in [1.165, 1.54) is 0 Å². The van der Waals surface area contributed by atoms with Crippen molar-refractivity contribution in [3.8, 4) is 10.4 Å². The summed E-state index contributed by atoms with van der Waals surface area (Å²) in [6, 6.07) is 7.52. The van der Waals surface area contributed by atoms with Gasteiger partial charge >= 0.3 is 0 Å². The quantitative estimate of drug-likeness (QED) is 0.686. The summed E-state index contributed by atoms with van der Waals surface area (Å²) in [7, 11) is 1.81. The molecule has 0 radical (unpaired) electrons. The van der Waals surface area contributed by atoms with Gasteiger partial charge in [0.2, 0.25) is 11.8 Å². The number of amides is 2. The Bertz CT molecular complexity index is 959. The Morgan fingerprint density at radius 1 is 1.16 bits per heavy atom. The lowest BCUT2D eigenvalue weighted by Crippen LogP contribution is -2.57. The van der Waals surface area contributed by atoms with E-state index in [0.717, 1.165) is 28.1 Å². The first kappa shape index (κ1) is 24.4. The van der Waals surface area contributed by atoms with Gasteiger partial charge in [-0.05, 0) is 57.2 Å². The second-order valence-corrected chi connectivity index (χ2v) is 11.1. The SMILES string of the molecule is CNC(C(=O)N1CCCC1C(=O)NC(C)(C)c1ccc(-c2scnc2C)cc1)C(C)(C)C. The highest BCUT2D eigenvalue weighted by Crippen LogP contribution is 2.30. The standard InChI is InChI=1S/C25H36N4O2S/c1-16-20(32-15-27-16)17-10-12-18(13-11-17)25(5,6)28-22(30)19-9-8-14-29(19)23(31)21(26-7)24(2,3)4/h10-13,15,19,21,26H,8-9,14H2,1-7H3,(H,28,30). The fourth-order valence-corrected chi connectivity index (χ4v) is 5.29. The number of nitrogens with zero attached hydrogens (tertiary/aromatic N) is 2. The fourth-order valence-electron chi connectivity index (χ4n) is 4.48. The first-order chi connectivity index (χ1) is 15.0. The highest BCUT2D eigenvalue weighted by atomic mass is 32.1. The fraction of sp³-hybridized carbons (Fsp3) is 0.560. The lowest BCUT2D eigenvalue weighted by Gasteiger charge is -2.36. The Kier molecular flexibility index (Phi) is 7.10. The molecule has 2 heterocycles. The van der Waals surface area contributed by atoms with Crippen LogP contribution in [0.3, 0.4) is 0 Å². The molecule has 1 aromatic carbocycles. The molecule has 1 aromatic heterocycles. The van der Waals surface area contributed by atoms with E-state index in [9.17, 15) is 9.59 Å². The summed E-state index contributed by atoms with van der Waals surface area (Å²) in [5.41, 5.74) is 4.25. The summed E-state index contributed by atoms with van der Waals surface area (Å²) < 4.78 is 0. The van der Waals surface area contributed by atoms with Crippen LogP contribution in [0.1, 0.15) is 58.7 Å². The summed E-state index contributed by atoms with van der Waals surface area (Å²) in [4.78, 5) is 33.8. The van der Waals surface area contributed by atoms with Crippen molar-refractivity contribution in [2.45, 2.75) is 72.0 Å². The van der Waals surface area contributed by atoms with Crippen LogP contribution in [0.2, 0.25) is 0 Å².